The maximum Gasteiger partial charge on any atom is 0.0693 e. The monoisotopic (exact) mass is 226 g/mol. The van der Waals surface area contributed by atoms with Gasteiger partial charge in [0.15, 0.2) is 0 Å². The van der Waals surface area contributed by atoms with Crippen LogP contribution in [0.2, 0.25) is 0 Å². The second kappa shape index (κ2) is 5.99. The van der Waals surface area contributed by atoms with E-state index in [9.17, 15) is 5.11 Å². The molecule has 1 saturated heterocycles. The molecule has 1 heterocycles. The van der Waals surface area contributed by atoms with E-state index in [-0.39, 0.29) is 6.10 Å². The first-order valence-corrected chi connectivity index (χ1v) is 6.92. The van der Waals surface area contributed by atoms with E-state index in [1.54, 1.807) is 0 Å². The fraction of sp³-hybridized carbons (Fsp3) is 1.00. The predicted octanol–water partition coefficient (Wildman–Crippen LogP) is 1.36. The highest BCUT2D eigenvalue weighted by molar-refractivity contribution is 4.83. The topological polar surface area (TPSA) is 35.5 Å². The highest BCUT2D eigenvalue weighted by Gasteiger charge is 2.24. The molecule has 2 N–H and O–H groups in total. The zero-order chi connectivity index (χ0) is 11.4. The molecule has 3 nitrogen and oxygen atoms in total. The summed E-state index contributed by atoms with van der Waals surface area (Å²) in [5.41, 5.74) is 0. The van der Waals surface area contributed by atoms with Crippen LogP contribution in [0.4, 0.5) is 0 Å². The maximum absolute atomic E-state index is 9.90. The van der Waals surface area contributed by atoms with Crippen molar-refractivity contribution in [2.75, 3.05) is 19.6 Å². The van der Waals surface area contributed by atoms with E-state index >= 15 is 0 Å². The summed E-state index contributed by atoms with van der Waals surface area (Å²) in [7, 11) is 0. The molecule has 0 aromatic heterocycles. The Morgan fingerprint density at radius 1 is 1.19 bits per heavy atom. The summed E-state index contributed by atoms with van der Waals surface area (Å²) in [6.07, 6.45) is 7.19. The van der Waals surface area contributed by atoms with Crippen LogP contribution in [-0.2, 0) is 0 Å². The summed E-state index contributed by atoms with van der Waals surface area (Å²) >= 11 is 0. The van der Waals surface area contributed by atoms with Crippen LogP contribution in [0.15, 0.2) is 0 Å². The van der Waals surface area contributed by atoms with Crippen molar-refractivity contribution < 1.29 is 5.11 Å². The smallest absolute Gasteiger partial charge is 0.0693 e. The fourth-order valence-corrected chi connectivity index (χ4v) is 3.08. The summed E-state index contributed by atoms with van der Waals surface area (Å²) in [4.78, 5) is 2.53. The number of hydrogen-bond acceptors (Lipinski definition) is 3. The standard InChI is InChI=1S/C13H26N2O/c1-11(10-15-8-4-5-9-15)14-12-6-2-3-7-13(12)16/h11-14,16H,2-10H2,1H3. The number of nitrogens with one attached hydrogen (secondary N) is 1. The Hall–Kier alpha value is -0.120. The van der Waals surface area contributed by atoms with E-state index in [0.717, 1.165) is 19.4 Å². The second-order valence-electron chi connectivity index (χ2n) is 5.53. The van der Waals surface area contributed by atoms with Gasteiger partial charge in [0, 0.05) is 18.6 Å². The van der Waals surface area contributed by atoms with Crippen LogP contribution in [-0.4, -0.2) is 47.8 Å². The van der Waals surface area contributed by atoms with Crippen LogP contribution in [0.5, 0.6) is 0 Å². The summed E-state index contributed by atoms with van der Waals surface area (Å²) < 4.78 is 0. The summed E-state index contributed by atoms with van der Waals surface area (Å²) in [6, 6.07) is 0.849. The zero-order valence-corrected chi connectivity index (χ0v) is 10.5. The lowest BCUT2D eigenvalue weighted by Crippen LogP contribution is -2.49. The average molecular weight is 226 g/mol. The molecule has 3 heteroatoms. The number of aliphatic hydroxyl groups is 1. The third kappa shape index (κ3) is 3.44. The molecule has 1 aliphatic carbocycles. The number of rotatable bonds is 4. The van der Waals surface area contributed by atoms with Gasteiger partial charge in [-0.2, -0.15) is 0 Å². The van der Waals surface area contributed by atoms with Gasteiger partial charge in [-0.05, 0) is 45.7 Å². The molecule has 0 spiro atoms. The minimum absolute atomic E-state index is 0.116. The molecular formula is C13H26N2O. The highest BCUT2D eigenvalue weighted by atomic mass is 16.3. The van der Waals surface area contributed by atoms with Gasteiger partial charge in [-0.15, -0.1) is 0 Å². The number of likely N-dealkylation sites (tertiary alicyclic amines) is 1. The first-order valence-electron chi connectivity index (χ1n) is 6.92. The van der Waals surface area contributed by atoms with Crippen LogP contribution in [0, 0.1) is 0 Å². The molecule has 16 heavy (non-hydrogen) atoms. The van der Waals surface area contributed by atoms with E-state index in [0.29, 0.717) is 12.1 Å². The Kier molecular flexibility index (Phi) is 4.62. The van der Waals surface area contributed by atoms with Crippen molar-refractivity contribution in [1.29, 1.82) is 0 Å². The van der Waals surface area contributed by atoms with Crippen LogP contribution < -0.4 is 5.32 Å². The molecule has 3 unspecified atom stereocenters. The molecular weight excluding hydrogens is 200 g/mol. The molecule has 1 aliphatic heterocycles. The number of nitrogens with zero attached hydrogens (tertiary/aromatic N) is 1. The average Bonchev–Trinajstić information content (AvgIpc) is 2.74. The van der Waals surface area contributed by atoms with Crippen molar-refractivity contribution in [2.24, 2.45) is 0 Å². The number of hydrogen-bond donors (Lipinski definition) is 2. The normalized spacial score (nSPS) is 34.1. The maximum atomic E-state index is 9.90. The molecule has 94 valence electrons. The first-order chi connectivity index (χ1) is 7.75. The molecule has 0 aromatic carbocycles. The lowest BCUT2D eigenvalue weighted by molar-refractivity contribution is 0.0831. The molecule has 0 radical (unpaired) electrons. The van der Waals surface area contributed by atoms with Crippen molar-refractivity contribution in [3.05, 3.63) is 0 Å². The van der Waals surface area contributed by atoms with Gasteiger partial charge < -0.3 is 15.3 Å². The van der Waals surface area contributed by atoms with Gasteiger partial charge in [-0.1, -0.05) is 12.8 Å². The van der Waals surface area contributed by atoms with Crippen molar-refractivity contribution in [2.45, 2.75) is 63.6 Å². The van der Waals surface area contributed by atoms with Crippen LogP contribution in [0.25, 0.3) is 0 Å². The first kappa shape index (κ1) is 12.3. The van der Waals surface area contributed by atoms with Gasteiger partial charge in [0.05, 0.1) is 6.10 Å². The third-order valence-corrected chi connectivity index (χ3v) is 3.96. The Morgan fingerprint density at radius 2 is 1.88 bits per heavy atom. The molecule has 0 bridgehead atoms. The van der Waals surface area contributed by atoms with E-state index in [1.165, 1.54) is 38.8 Å². The quantitative estimate of drug-likeness (QED) is 0.760. The van der Waals surface area contributed by atoms with Crippen LogP contribution in [0.3, 0.4) is 0 Å². The van der Waals surface area contributed by atoms with Crippen LogP contribution in [0.1, 0.15) is 45.4 Å². The lowest BCUT2D eigenvalue weighted by atomic mass is 9.92. The van der Waals surface area contributed by atoms with Crippen molar-refractivity contribution >= 4 is 0 Å². The summed E-state index contributed by atoms with van der Waals surface area (Å²) in [6.45, 7) is 5.92. The summed E-state index contributed by atoms with van der Waals surface area (Å²) in [5.74, 6) is 0. The predicted molar refractivity (Wildman–Crippen MR) is 66.5 cm³/mol. The fourth-order valence-electron chi connectivity index (χ4n) is 3.08. The molecule has 0 amide bonds. The molecule has 2 fully saturated rings. The van der Waals surface area contributed by atoms with Gasteiger partial charge in [0.25, 0.3) is 0 Å². The minimum Gasteiger partial charge on any atom is -0.392 e. The minimum atomic E-state index is -0.116. The Labute approximate surface area is 99.2 Å². The van der Waals surface area contributed by atoms with E-state index < -0.39 is 0 Å². The Bertz CT molecular complexity index is 204. The van der Waals surface area contributed by atoms with Gasteiger partial charge in [-0.25, -0.2) is 0 Å². The molecule has 0 aromatic rings. The molecule has 3 atom stereocenters. The van der Waals surface area contributed by atoms with Crippen molar-refractivity contribution in [1.82, 2.24) is 10.2 Å². The van der Waals surface area contributed by atoms with E-state index in [2.05, 4.69) is 17.1 Å². The summed E-state index contributed by atoms with van der Waals surface area (Å²) in [5, 5.41) is 13.5. The molecule has 2 rings (SSSR count). The third-order valence-electron chi connectivity index (χ3n) is 3.96. The molecule has 2 aliphatic rings. The van der Waals surface area contributed by atoms with Crippen molar-refractivity contribution in [3.8, 4) is 0 Å². The Morgan fingerprint density at radius 3 is 2.56 bits per heavy atom. The second-order valence-corrected chi connectivity index (χ2v) is 5.53. The van der Waals surface area contributed by atoms with Crippen LogP contribution >= 0.6 is 0 Å². The van der Waals surface area contributed by atoms with Gasteiger partial charge in [0.1, 0.15) is 0 Å². The van der Waals surface area contributed by atoms with Crippen molar-refractivity contribution in [3.63, 3.8) is 0 Å². The van der Waals surface area contributed by atoms with Gasteiger partial charge >= 0.3 is 0 Å². The molecule has 1 saturated carbocycles. The Balaban J connectivity index is 1.70. The van der Waals surface area contributed by atoms with E-state index in [4.69, 9.17) is 0 Å². The van der Waals surface area contributed by atoms with E-state index in [1.807, 2.05) is 0 Å². The largest absolute Gasteiger partial charge is 0.392 e. The van der Waals surface area contributed by atoms with Gasteiger partial charge in [-0.3, -0.25) is 0 Å². The zero-order valence-electron chi connectivity index (χ0n) is 10.5. The number of aliphatic hydroxyl groups excluding tert-OH is 1. The van der Waals surface area contributed by atoms with Gasteiger partial charge in [0.2, 0.25) is 0 Å². The highest BCUT2D eigenvalue weighted by Crippen LogP contribution is 2.19. The SMILES string of the molecule is CC(CN1CCCC1)NC1CCCCC1O. The lowest BCUT2D eigenvalue weighted by Gasteiger charge is -2.32.